The summed E-state index contributed by atoms with van der Waals surface area (Å²) in [4.78, 5) is 4.49. The number of thioether (sulfide) groups is 1. The molecule has 0 aromatic heterocycles. The molecule has 0 radical (unpaired) electrons. The molecule has 1 saturated heterocycles. The summed E-state index contributed by atoms with van der Waals surface area (Å²) in [5.74, 6) is 3.21. The van der Waals surface area contributed by atoms with E-state index in [1.54, 1.807) is 0 Å². The second-order valence-electron chi connectivity index (χ2n) is 5.94. The Labute approximate surface area is 158 Å². The number of nitrogens with one attached hydrogen (secondary N) is 1. The van der Waals surface area contributed by atoms with Crippen molar-refractivity contribution in [1.82, 2.24) is 0 Å². The van der Waals surface area contributed by atoms with Crippen LogP contribution in [0.2, 0.25) is 0 Å². The third-order valence-corrected chi connectivity index (χ3v) is 5.43. The van der Waals surface area contributed by atoms with E-state index in [1.807, 2.05) is 30.0 Å². The number of guanidine groups is 1. The molecule has 3 rings (SSSR count). The van der Waals surface area contributed by atoms with Crippen molar-refractivity contribution in [3.05, 3.63) is 18.2 Å². The van der Waals surface area contributed by atoms with Gasteiger partial charge in [-0.05, 0) is 37.7 Å². The summed E-state index contributed by atoms with van der Waals surface area (Å²) in [6.45, 7) is 4.38. The van der Waals surface area contributed by atoms with Crippen molar-refractivity contribution < 1.29 is 9.47 Å². The summed E-state index contributed by atoms with van der Waals surface area (Å²) >= 11 is 1.99. The summed E-state index contributed by atoms with van der Waals surface area (Å²) in [6, 6.07) is 5.75. The Hall–Kier alpha value is -0.830. The number of anilines is 1. The number of rotatable bonds is 3. The molecule has 2 aliphatic rings. The summed E-state index contributed by atoms with van der Waals surface area (Å²) in [6.07, 6.45) is 3.38. The lowest BCUT2D eigenvalue weighted by Gasteiger charge is -2.20. The van der Waals surface area contributed by atoms with Crippen LogP contribution in [0, 0.1) is 0 Å². The molecule has 23 heavy (non-hydrogen) atoms. The van der Waals surface area contributed by atoms with Crippen LogP contribution in [0.25, 0.3) is 0 Å². The molecule has 0 saturated carbocycles. The Morgan fingerprint density at radius 1 is 1.30 bits per heavy atom. The molecule has 5 nitrogen and oxygen atoms in total. The molecule has 7 heteroatoms. The molecule has 1 atom stereocenters. The zero-order chi connectivity index (χ0) is 15.4. The first-order chi connectivity index (χ1) is 10.6. The van der Waals surface area contributed by atoms with Gasteiger partial charge in [0.25, 0.3) is 0 Å². The van der Waals surface area contributed by atoms with Crippen molar-refractivity contribution >= 4 is 47.4 Å². The normalized spacial score (nSPS) is 23.8. The lowest BCUT2D eigenvalue weighted by atomic mass is 10.1. The molecule has 2 aliphatic heterocycles. The Bertz CT molecular complexity index is 562. The SMILES string of the molecule is CC1(CN=C(N)Nc2ccc3c(c2)OCCCO3)CCCS1.I. The van der Waals surface area contributed by atoms with Gasteiger partial charge in [-0.1, -0.05) is 0 Å². The molecular formula is C16H24IN3O2S. The Kier molecular flexibility index (Phi) is 6.70. The maximum Gasteiger partial charge on any atom is 0.193 e. The van der Waals surface area contributed by atoms with E-state index < -0.39 is 0 Å². The van der Waals surface area contributed by atoms with Crippen LogP contribution in [0.5, 0.6) is 11.5 Å². The van der Waals surface area contributed by atoms with Gasteiger partial charge in [-0.2, -0.15) is 11.8 Å². The first-order valence-corrected chi connectivity index (χ1v) is 8.74. The van der Waals surface area contributed by atoms with Crippen molar-refractivity contribution in [2.45, 2.75) is 30.9 Å². The molecule has 1 aromatic carbocycles. The minimum absolute atomic E-state index is 0. The number of fused-ring (bicyclic) bond motifs is 1. The van der Waals surface area contributed by atoms with Gasteiger partial charge in [-0.15, -0.1) is 24.0 Å². The topological polar surface area (TPSA) is 68.9 Å². The van der Waals surface area contributed by atoms with E-state index >= 15 is 0 Å². The van der Waals surface area contributed by atoms with E-state index in [0.717, 1.165) is 30.2 Å². The van der Waals surface area contributed by atoms with Crippen LogP contribution in [-0.4, -0.2) is 36.2 Å². The maximum absolute atomic E-state index is 6.01. The van der Waals surface area contributed by atoms with Crippen LogP contribution >= 0.6 is 35.7 Å². The van der Waals surface area contributed by atoms with Gasteiger partial charge < -0.3 is 20.5 Å². The van der Waals surface area contributed by atoms with E-state index in [-0.39, 0.29) is 28.7 Å². The van der Waals surface area contributed by atoms with Gasteiger partial charge in [0.15, 0.2) is 17.5 Å². The number of benzene rings is 1. The highest BCUT2D eigenvalue weighted by Crippen LogP contribution is 2.37. The highest BCUT2D eigenvalue weighted by molar-refractivity contribution is 14.0. The van der Waals surface area contributed by atoms with Crippen LogP contribution < -0.4 is 20.5 Å². The Morgan fingerprint density at radius 2 is 2.09 bits per heavy atom. The van der Waals surface area contributed by atoms with Crippen molar-refractivity contribution in [3.63, 3.8) is 0 Å². The van der Waals surface area contributed by atoms with Gasteiger partial charge in [0, 0.05) is 22.9 Å². The van der Waals surface area contributed by atoms with Gasteiger partial charge >= 0.3 is 0 Å². The van der Waals surface area contributed by atoms with Gasteiger partial charge in [0.05, 0.1) is 19.8 Å². The quantitative estimate of drug-likeness (QED) is 0.420. The monoisotopic (exact) mass is 449 g/mol. The zero-order valence-corrected chi connectivity index (χ0v) is 16.5. The van der Waals surface area contributed by atoms with Crippen LogP contribution in [-0.2, 0) is 0 Å². The van der Waals surface area contributed by atoms with E-state index in [9.17, 15) is 0 Å². The summed E-state index contributed by atoms with van der Waals surface area (Å²) < 4.78 is 11.5. The maximum atomic E-state index is 6.01. The van der Waals surface area contributed by atoms with Gasteiger partial charge in [-0.25, -0.2) is 0 Å². The molecule has 2 heterocycles. The van der Waals surface area contributed by atoms with E-state index in [2.05, 4.69) is 17.2 Å². The molecule has 0 spiro atoms. The summed E-state index contributed by atoms with van der Waals surface area (Å²) in [5.41, 5.74) is 6.88. The fourth-order valence-electron chi connectivity index (χ4n) is 2.64. The number of nitrogens with two attached hydrogens (primary N) is 1. The van der Waals surface area contributed by atoms with Crippen molar-refractivity contribution in [2.24, 2.45) is 10.7 Å². The second-order valence-corrected chi connectivity index (χ2v) is 7.62. The summed E-state index contributed by atoms with van der Waals surface area (Å²) in [7, 11) is 0. The molecule has 1 aromatic rings. The summed E-state index contributed by atoms with van der Waals surface area (Å²) in [5, 5.41) is 3.14. The van der Waals surface area contributed by atoms with Gasteiger partial charge in [-0.3, -0.25) is 4.99 Å². The first kappa shape index (κ1) is 18.5. The number of aliphatic imine (C=N–C) groups is 1. The van der Waals surface area contributed by atoms with Crippen molar-refractivity contribution in [1.29, 1.82) is 0 Å². The van der Waals surface area contributed by atoms with E-state index in [0.29, 0.717) is 19.2 Å². The fourth-order valence-corrected chi connectivity index (χ4v) is 3.87. The van der Waals surface area contributed by atoms with Crippen LogP contribution in [0.3, 0.4) is 0 Å². The van der Waals surface area contributed by atoms with Crippen molar-refractivity contribution in [3.8, 4) is 11.5 Å². The van der Waals surface area contributed by atoms with Crippen LogP contribution in [0.15, 0.2) is 23.2 Å². The third-order valence-electron chi connectivity index (χ3n) is 3.90. The molecule has 128 valence electrons. The zero-order valence-electron chi connectivity index (χ0n) is 13.3. The van der Waals surface area contributed by atoms with E-state index in [4.69, 9.17) is 15.2 Å². The lowest BCUT2D eigenvalue weighted by Crippen LogP contribution is -2.27. The molecule has 3 N–H and O–H groups in total. The first-order valence-electron chi connectivity index (χ1n) is 7.75. The van der Waals surface area contributed by atoms with Crippen LogP contribution in [0.4, 0.5) is 5.69 Å². The lowest BCUT2D eigenvalue weighted by molar-refractivity contribution is 0.297. The average molecular weight is 449 g/mol. The van der Waals surface area contributed by atoms with Gasteiger partial charge in [0.2, 0.25) is 0 Å². The highest BCUT2D eigenvalue weighted by atomic mass is 127. The van der Waals surface area contributed by atoms with E-state index in [1.165, 1.54) is 18.6 Å². The number of ether oxygens (including phenoxy) is 2. The minimum Gasteiger partial charge on any atom is -0.490 e. The number of nitrogens with zero attached hydrogens (tertiary/aromatic N) is 1. The molecule has 1 fully saturated rings. The Morgan fingerprint density at radius 3 is 2.83 bits per heavy atom. The Balaban J connectivity index is 0.00000192. The van der Waals surface area contributed by atoms with Crippen molar-refractivity contribution in [2.75, 3.05) is 30.8 Å². The average Bonchev–Trinajstić information content (AvgIpc) is 2.80. The molecular weight excluding hydrogens is 425 g/mol. The number of hydrogen-bond donors (Lipinski definition) is 2. The molecule has 0 aliphatic carbocycles. The molecule has 0 amide bonds. The molecule has 1 unspecified atom stereocenters. The predicted octanol–water partition coefficient (Wildman–Crippen LogP) is 3.48. The number of halogens is 1. The number of hydrogen-bond acceptors (Lipinski definition) is 4. The third kappa shape index (κ3) is 5.07. The molecule has 0 bridgehead atoms. The highest BCUT2D eigenvalue weighted by Gasteiger charge is 2.29. The van der Waals surface area contributed by atoms with Crippen LogP contribution in [0.1, 0.15) is 26.2 Å². The minimum atomic E-state index is 0. The standard InChI is InChI=1S/C16H23N3O2S.HI/c1-16(6-2-9-22-16)11-18-15(17)19-12-4-5-13-14(10-12)21-8-3-7-20-13;/h4-5,10H,2-3,6-9,11H2,1H3,(H3,17,18,19);1H. The largest absolute Gasteiger partial charge is 0.490 e. The van der Waals surface area contributed by atoms with Gasteiger partial charge in [0.1, 0.15) is 0 Å². The fraction of sp³-hybridized carbons (Fsp3) is 0.562. The second kappa shape index (κ2) is 8.32. The smallest absolute Gasteiger partial charge is 0.193 e. The predicted molar refractivity (Wildman–Crippen MR) is 108 cm³/mol.